The molecule has 0 unspecified atom stereocenters. The lowest BCUT2D eigenvalue weighted by atomic mass is 9.53. The monoisotopic (exact) mass is 359 g/mol. The first kappa shape index (κ1) is 17.6. The number of carbonyl (C=O) groups excluding carboxylic acids is 1. The summed E-state index contributed by atoms with van der Waals surface area (Å²) in [6.45, 7) is 9.92. The van der Waals surface area contributed by atoms with E-state index in [1.165, 1.54) is 11.1 Å². The summed E-state index contributed by atoms with van der Waals surface area (Å²) < 4.78 is 11.8. The Kier molecular flexibility index (Phi) is 3.78. The Bertz CT molecular complexity index is 737. The van der Waals surface area contributed by atoms with E-state index in [4.69, 9.17) is 15.2 Å². The smallest absolute Gasteiger partial charge is 0.410 e. The molecule has 2 fully saturated rings. The average Bonchev–Trinajstić information content (AvgIpc) is 2.89. The summed E-state index contributed by atoms with van der Waals surface area (Å²) in [5, 5.41) is 0. The van der Waals surface area contributed by atoms with Crippen molar-refractivity contribution in [1.82, 2.24) is 9.88 Å². The van der Waals surface area contributed by atoms with Gasteiger partial charge in [0.15, 0.2) is 0 Å². The van der Waals surface area contributed by atoms with Gasteiger partial charge in [-0.3, -0.25) is 0 Å². The van der Waals surface area contributed by atoms with Crippen molar-refractivity contribution < 1.29 is 14.3 Å². The van der Waals surface area contributed by atoms with Crippen molar-refractivity contribution in [2.45, 2.75) is 71.2 Å². The van der Waals surface area contributed by atoms with Gasteiger partial charge in [-0.05, 0) is 69.9 Å². The van der Waals surface area contributed by atoms with Gasteiger partial charge in [0.2, 0.25) is 0 Å². The van der Waals surface area contributed by atoms with Crippen LogP contribution in [-0.4, -0.2) is 34.7 Å². The van der Waals surface area contributed by atoms with Crippen LogP contribution in [0.25, 0.3) is 0 Å². The number of carbonyl (C=O) groups is 1. The van der Waals surface area contributed by atoms with Gasteiger partial charge in [0.25, 0.3) is 0 Å². The molecule has 1 aromatic rings. The Morgan fingerprint density at radius 2 is 1.96 bits per heavy atom. The molecule has 0 bridgehead atoms. The molecule has 0 aromatic carbocycles. The van der Waals surface area contributed by atoms with Crippen LogP contribution in [0.15, 0.2) is 6.20 Å². The highest BCUT2D eigenvalue weighted by Crippen LogP contribution is 2.64. The first-order valence-electron chi connectivity index (χ1n) is 9.50. The van der Waals surface area contributed by atoms with Gasteiger partial charge in [0, 0.05) is 24.8 Å². The first-order valence-corrected chi connectivity index (χ1v) is 9.50. The number of nitrogens with two attached hydrogens (primary N) is 1. The van der Waals surface area contributed by atoms with E-state index in [0.29, 0.717) is 12.4 Å². The van der Waals surface area contributed by atoms with Crippen LogP contribution in [0.2, 0.25) is 0 Å². The number of nitrogen functional groups attached to an aromatic ring is 1. The summed E-state index contributed by atoms with van der Waals surface area (Å²) in [6.07, 6.45) is 5.71. The molecule has 2 N–H and O–H groups in total. The highest BCUT2D eigenvalue weighted by Gasteiger charge is 2.60. The Balaban J connectivity index is 1.43. The molecule has 6 nitrogen and oxygen atoms in total. The number of fused-ring (bicyclic) bond motifs is 2. The zero-order valence-electron chi connectivity index (χ0n) is 16.2. The number of pyridine rings is 1. The molecule has 3 aliphatic rings. The second-order valence-corrected chi connectivity index (χ2v) is 9.27. The molecule has 6 heteroatoms. The number of ether oxygens (including phenoxy) is 2. The van der Waals surface area contributed by atoms with Crippen LogP contribution in [0.5, 0.6) is 0 Å². The quantitative estimate of drug-likeness (QED) is 0.767. The Morgan fingerprint density at radius 3 is 2.58 bits per heavy atom. The van der Waals surface area contributed by atoms with Crippen molar-refractivity contribution in [3.05, 3.63) is 22.9 Å². The van der Waals surface area contributed by atoms with E-state index in [-0.39, 0.29) is 17.1 Å². The van der Waals surface area contributed by atoms with Crippen LogP contribution in [0, 0.1) is 12.3 Å². The second-order valence-electron chi connectivity index (χ2n) is 9.27. The van der Waals surface area contributed by atoms with E-state index >= 15 is 0 Å². The molecule has 1 saturated heterocycles. The zero-order chi connectivity index (χ0) is 18.7. The predicted octanol–water partition coefficient (Wildman–Crippen LogP) is 3.51. The molecule has 1 aromatic heterocycles. The summed E-state index contributed by atoms with van der Waals surface area (Å²) in [6, 6.07) is 0. The maximum atomic E-state index is 12.3. The van der Waals surface area contributed by atoms with Crippen molar-refractivity contribution in [2.24, 2.45) is 5.41 Å². The first-order chi connectivity index (χ1) is 12.1. The van der Waals surface area contributed by atoms with Gasteiger partial charge in [-0.1, -0.05) is 0 Å². The fraction of sp³-hybridized carbons (Fsp3) is 0.700. The number of hydrogen-bond donors (Lipinski definition) is 1. The fourth-order valence-corrected chi connectivity index (χ4v) is 4.99. The molecule has 4 rings (SSSR count). The van der Waals surface area contributed by atoms with Gasteiger partial charge in [0.05, 0.1) is 12.2 Å². The van der Waals surface area contributed by atoms with Crippen LogP contribution in [0.1, 0.15) is 63.1 Å². The minimum atomic E-state index is -0.445. The fourth-order valence-electron chi connectivity index (χ4n) is 4.99. The predicted molar refractivity (Wildman–Crippen MR) is 98.6 cm³/mol. The molecule has 1 amide bonds. The van der Waals surface area contributed by atoms with Crippen LogP contribution in [0.3, 0.4) is 0 Å². The third kappa shape index (κ3) is 2.75. The molecule has 1 aliphatic carbocycles. The Hall–Kier alpha value is -1.82. The lowest BCUT2D eigenvalue weighted by molar-refractivity contribution is -0.182. The lowest BCUT2D eigenvalue weighted by Gasteiger charge is -2.57. The van der Waals surface area contributed by atoms with Gasteiger partial charge in [-0.25, -0.2) is 9.78 Å². The Labute approximate surface area is 155 Å². The average molecular weight is 359 g/mol. The number of likely N-dealkylation sites (tertiary alicyclic amines) is 1. The van der Waals surface area contributed by atoms with Crippen LogP contribution in [0.4, 0.5) is 10.6 Å². The van der Waals surface area contributed by atoms with E-state index in [0.717, 1.165) is 44.3 Å². The molecule has 142 valence electrons. The van der Waals surface area contributed by atoms with Crippen LogP contribution >= 0.6 is 0 Å². The van der Waals surface area contributed by atoms with E-state index in [9.17, 15) is 4.79 Å². The highest BCUT2D eigenvalue weighted by molar-refractivity contribution is 5.68. The largest absolute Gasteiger partial charge is 0.444 e. The topological polar surface area (TPSA) is 77.7 Å². The highest BCUT2D eigenvalue weighted by atomic mass is 16.6. The molecule has 0 atom stereocenters. The van der Waals surface area contributed by atoms with Gasteiger partial charge in [-0.2, -0.15) is 0 Å². The molecular formula is C20H29N3O3. The molecular weight excluding hydrogens is 330 g/mol. The van der Waals surface area contributed by atoms with Crippen molar-refractivity contribution in [3.8, 4) is 0 Å². The Morgan fingerprint density at radius 1 is 1.31 bits per heavy atom. The number of aromatic nitrogens is 1. The number of rotatable bonds is 0. The standard InChI is InChI=1S/C20H29N3O3/c1-13-15-14(9-22-16(13)21)10-25-20(15)11-19(12-20)5-7-23(8-6-19)17(24)26-18(2,3)4/h9H,5-8,10-12H2,1-4H3,(H2,21,22). The second kappa shape index (κ2) is 5.59. The van der Waals surface area contributed by atoms with Crippen molar-refractivity contribution in [2.75, 3.05) is 18.8 Å². The number of anilines is 1. The number of nitrogens with zero attached hydrogens (tertiary/aromatic N) is 2. The summed E-state index contributed by atoms with van der Waals surface area (Å²) in [4.78, 5) is 18.4. The molecule has 1 saturated carbocycles. The van der Waals surface area contributed by atoms with E-state index in [2.05, 4.69) is 4.98 Å². The van der Waals surface area contributed by atoms with Gasteiger partial charge >= 0.3 is 6.09 Å². The summed E-state index contributed by atoms with van der Waals surface area (Å²) in [7, 11) is 0. The van der Waals surface area contributed by atoms with Crippen LogP contribution < -0.4 is 5.73 Å². The SMILES string of the molecule is Cc1c(N)ncc2c1C1(CC3(CCN(C(=O)OC(C)(C)C)CC3)C1)OC2. The van der Waals surface area contributed by atoms with Gasteiger partial charge < -0.3 is 20.1 Å². The minimum Gasteiger partial charge on any atom is -0.444 e. The van der Waals surface area contributed by atoms with E-state index < -0.39 is 5.60 Å². The third-order valence-electron chi connectivity index (χ3n) is 6.20. The van der Waals surface area contributed by atoms with Crippen molar-refractivity contribution >= 4 is 11.9 Å². The van der Waals surface area contributed by atoms with Crippen molar-refractivity contribution in [3.63, 3.8) is 0 Å². The normalized spacial score (nSPS) is 23.0. The minimum absolute atomic E-state index is 0.190. The lowest BCUT2D eigenvalue weighted by Crippen LogP contribution is -2.55. The number of hydrogen-bond acceptors (Lipinski definition) is 5. The molecule has 2 aliphatic heterocycles. The summed E-state index contributed by atoms with van der Waals surface area (Å²) in [5.74, 6) is 0.606. The summed E-state index contributed by atoms with van der Waals surface area (Å²) >= 11 is 0. The maximum absolute atomic E-state index is 12.3. The van der Waals surface area contributed by atoms with Gasteiger partial charge in [0.1, 0.15) is 11.4 Å². The maximum Gasteiger partial charge on any atom is 0.410 e. The van der Waals surface area contributed by atoms with Gasteiger partial charge in [-0.15, -0.1) is 0 Å². The molecule has 2 spiro atoms. The molecule has 3 heterocycles. The summed E-state index contributed by atoms with van der Waals surface area (Å²) in [5.41, 5.74) is 9.19. The van der Waals surface area contributed by atoms with E-state index in [1.54, 1.807) is 0 Å². The molecule has 26 heavy (non-hydrogen) atoms. The third-order valence-corrected chi connectivity index (χ3v) is 6.20. The van der Waals surface area contributed by atoms with Crippen molar-refractivity contribution in [1.29, 1.82) is 0 Å². The van der Waals surface area contributed by atoms with E-state index in [1.807, 2.05) is 38.8 Å². The zero-order valence-corrected chi connectivity index (χ0v) is 16.2. The van der Waals surface area contributed by atoms with Crippen LogP contribution in [-0.2, 0) is 21.7 Å². The number of amides is 1. The number of piperidine rings is 1. The molecule has 0 radical (unpaired) electrons.